The lowest BCUT2D eigenvalue weighted by Crippen LogP contribution is -2.16. The first-order valence-corrected chi connectivity index (χ1v) is 8.74. The predicted molar refractivity (Wildman–Crippen MR) is 97.2 cm³/mol. The minimum atomic E-state index is -0.245. The number of aromatic nitrogens is 1. The van der Waals surface area contributed by atoms with Crippen LogP contribution in [0.2, 0.25) is 0 Å². The molecule has 2 aromatic heterocycles. The number of halogens is 1. The van der Waals surface area contributed by atoms with Crippen molar-refractivity contribution in [3.63, 3.8) is 0 Å². The van der Waals surface area contributed by atoms with Crippen LogP contribution in [0.3, 0.4) is 0 Å². The molecule has 5 heteroatoms. The largest absolute Gasteiger partial charge is 0.467 e. The van der Waals surface area contributed by atoms with E-state index in [9.17, 15) is 4.39 Å². The van der Waals surface area contributed by atoms with Gasteiger partial charge in [0.1, 0.15) is 11.6 Å². The van der Waals surface area contributed by atoms with Gasteiger partial charge in [0, 0.05) is 5.38 Å². The second-order valence-corrected chi connectivity index (χ2v) is 6.36. The SMILES string of the molecule is Fc1ccc(-c2csc(=Nc3ccccc3)n2Cc2ccco2)cc1. The maximum absolute atomic E-state index is 13.3. The highest BCUT2D eigenvalue weighted by molar-refractivity contribution is 7.07. The molecular formula is C20H15FN2OS. The second-order valence-electron chi connectivity index (χ2n) is 5.52. The topological polar surface area (TPSA) is 30.4 Å². The van der Waals surface area contributed by atoms with Crippen LogP contribution in [-0.4, -0.2) is 4.57 Å². The zero-order chi connectivity index (χ0) is 17.1. The molecule has 0 unspecified atom stereocenters. The van der Waals surface area contributed by atoms with E-state index < -0.39 is 0 Å². The fraction of sp³-hybridized carbons (Fsp3) is 0.0500. The maximum Gasteiger partial charge on any atom is 0.190 e. The first-order valence-electron chi connectivity index (χ1n) is 7.86. The number of furan rings is 1. The van der Waals surface area contributed by atoms with Crippen molar-refractivity contribution in [3.8, 4) is 11.3 Å². The van der Waals surface area contributed by atoms with Crippen molar-refractivity contribution in [1.29, 1.82) is 0 Å². The summed E-state index contributed by atoms with van der Waals surface area (Å²) in [6.07, 6.45) is 1.66. The molecular weight excluding hydrogens is 335 g/mol. The van der Waals surface area contributed by atoms with Crippen LogP contribution in [0, 0.1) is 5.82 Å². The Balaban J connectivity index is 1.84. The Kier molecular flexibility index (Phi) is 4.31. The number of hydrogen-bond acceptors (Lipinski definition) is 3. The molecule has 0 spiro atoms. The van der Waals surface area contributed by atoms with Gasteiger partial charge in [-0.05, 0) is 54.1 Å². The summed E-state index contributed by atoms with van der Waals surface area (Å²) in [5, 5.41) is 2.04. The van der Waals surface area contributed by atoms with Gasteiger partial charge >= 0.3 is 0 Å². The third-order valence-electron chi connectivity index (χ3n) is 3.81. The van der Waals surface area contributed by atoms with E-state index in [1.807, 2.05) is 47.8 Å². The van der Waals surface area contributed by atoms with Gasteiger partial charge in [0.05, 0.1) is 24.2 Å². The summed E-state index contributed by atoms with van der Waals surface area (Å²) in [6, 6.07) is 20.1. The fourth-order valence-electron chi connectivity index (χ4n) is 2.59. The van der Waals surface area contributed by atoms with Gasteiger partial charge in [-0.25, -0.2) is 9.38 Å². The van der Waals surface area contributed by atoms with Crippen LogP contribution < -0.4 is 4.80 Å². The van der Waals surface area contributed by atoms with E-state index in [0.29, 0.717) is 6.54 Å². The summed E-state index contributed by atoms with van der Waals surface area (Å²) < 4.78 is 20.9. The van der Waals surface area contributed by atoms with Crippen molar-refractivity contribution in [2.45, 2.75) is 6.54 Å². The smallest absolute Gasteiger partial charge is 0.190 e. The molecule has 0 aliphatic carbocycles. The first-order chi connectivity index (χ1) is 12.3. The Morgan fingerprint density at radius 2 is 1.76 bits per heavy atom. The van der Waals surface area contributed by atoms with Crippen LogP contribution in [0.25, 0.3) is 11.3 Å². The lowest BCUT2D eigenvalue weighted by Gasteiger charge is -2.08. The van der Waals surface area contributed by atoms with E-state index in [-0.39, 0.29) is 5.82 Å². The fourth-order valence-corrected chi connectivity index (χ4v) is 3.52. The summed E-state index contributed by atoms with van der Waals surface area (Å²) in [7, 11) is 0. The number of para-hydroxylation sites is 1. The molecule has 25 heavy (non-hydrogen) atoms. The Labute approximate surface area is 148 Å². The molecule has 0 radical (unpaired) electrons. The van der Waals surface area contributed by atoms with Crippen molar-refractivity contribution in [2.75, 3.05) is 0 Å². The maximum atomic E-state index is 13.3. The van der Waals surface area contributed by atoms with Crippen LogP contribution in [-0.2, 0) is 6.54 Å². The highest BCUT2D eigenvalue weighted by Gasteiger charge is 2.10. The van der Waals surface area contributed by atoms with Crippen molar-refractivity contribution >= 4 is 17.0 Å². The van der Waals surface area contributed by atoms with Crippen LogP contribution in [0.5, 0.6) is 0 Å². The number of benzene rings is 2. The number of thiazole rings is 1. The van der Waals surface area contributed by atoms with Gasteiger partial charge in [0.25, 0.3) is 0 Å². The van der Waals surface area contributed by atoms with Gasteiger partial charge in [0.15, 0.2) is 4.80 Å². The van der Waals surface area contributed by atoms with Crippen molar-refractivity contribution in [1.82, 2.24) is 4.57 Å². The summed E-state index contributed by atoms with van der Waals surface area (Å²) in [6.45, 7) is 0.564. The lowest BCUT2D eigenvalue weighted by molar-refractivity contribution is 0.492. The summed E-state index contributed by atoms with van der Waals surface area (Å²) in [5.74, 6) is 0.599. The summed E-state index contributed by atoms with van der Waals surface area (Å²) in [4.78, 5) is 5.61. The number of nitrogens with zero attached hydrogens (tertiary/aromatic N) is 2. The molecule has 4 rings (SSSR count). The van der Waals surface area contributed by atoms with Gasteiger partial charge < -0.3 is 8.98 Å². The highest BCUT2D eigenvalue weighted by atomic mass is 32.1. The average molecular weight is 350 g/mol. The van der Waals surface area contributed by atoms with Crippen molar-refractivity contribution in [2.24, 2.45) is 4.99 Å². The molecule has 0 saturated carbocycles. The Hall–Kier alpha value is -2.92. The first kappa shape index (κ1) is 15.6. The van der Waals surface area contributed by atoms with E-state index >= 15 is 0 Å². The zero-order valence-electron chi connectivity index (χ0n) is 13.3. The second kappa shape index (κ2) is 6.91. The molecule has 0 N–H and O–H groups in total. The average Bonchev–Trinajstić information content (AvgIpc) is 3.28. The van der Waals surface area contributed by atoms with E-state index in [2.05, 4.69) is 4.57 Å². The minimum absolute atomic E-state index is 0.245. The molecule has 0 aliphatic heterocycles. The van der Waals surface area contributed by atoms with Crippen molar-refractivity contribution in [3.05, 3.63) is 94.8 Å². The molecule has 2 heterocycles. The molecule has 0 fully saturated rings. The predicted octanol–water partition coefficient (Wildman–Crippen LogP) is 5.23. The van der Waals surface area contributed by atoms with E-state index in [0.717, 1.165) is 27.5 Å². The number of rotatable bonds is 4. The molecule has 2 aromatic carbocycles. The van der Waals surface area contributed by atoms with E-state index in [4.69, 9.17) is 9.41 Å². The molecule has 0 aliphatic rings. The molecule has 3 nitrogen and oxygen atoms in total. The van der Waals surface area contributed by atoms with Gasteiger partial charge in [-0.15, -0.1) is 11.3 Å². The quantitative estimate of drug-likeness (QED) is 0.496. The molecule has 0 atom stereocenters. The van der Waals surface area contributed by atoms with E-state index in [1.165, 1.54) is 12.1 Å². The van der Waals surface area contributed by atoms with E-state index in [1.54, 1.807) is 29.7 Å². The molecule has 0 saturated heterocycles. The Morgan fingerprint density at radius 3 is 2.48 bits per heavy atom. The third kappa shape index (κ3) is 3.46. The minimum Gasteiger partial charge on any atom is -0.467 e. The van der Waals surface area contributed by atoms with Gasteiger partial charge in [0.2, 0.25) is 0 Å². The molecule has 4 aromatic rings. The van der Waals surface area contributed by atoms with Crippen LogP contribution >= 0.6 is 11.3 Å². The van der Waals surface area contributed by atoms with Crippen LogP contribution in [0.4, 0.5) is 10.1 Å². The van der Waals surface area contributed by atoms with Crippen LogP contribution in [0.15, 0.2) is 87.8 Å². The third-order valence-corrected chi connectivity index (χ3v) is 4.68. The summed E-state index contributed by atoms with van der Waals surface area (Å²) in [5.41, 5.74) is 2.82. The molecule has 124 valence electrons. The zero-order valence-corrected chi connectivity index (χ0v) is 14.1. The highest BCUT2D eigenvalue weighted by Crippen LogP contribution is 2.22. The van der Waals surface area contributed by atoms with Gasteiger partial charge in [-0.3, -0.25) is 0 Å². The van der Waals surface area contributed by atoms with Gasteiger partial charge in [-0.2, -0.15) is 0 Å². The number of hydrogen-bond donors (Lipinski definition) is 0. The Morgan fingerprint density at radius 1 is 0.960 bits per heavy atom. The monoisotopic (exact) mass is 350 g/mol. The van der Waals surface area contributed by atoms with Crippen molar-refractivity contribution < 1.29 is 8.81 Å². The Bertz CT molecular complexity index is 1020. The molecule has 0 amide bonds. The van der Waals surface area contributed by atoms with Crippen LogP contribution in [0.1, 0.15) is 5.76 Å². The standard InChI is InChI=1S/C20H15FN2OS/c21-16-10-8-15(9-11-16)19-14-25-20(22-17-5-2-1-3-6-17)23(19)13-18-7-4-12-24-18/h1-12,14H,13H2. The normalized spacial score (nSPS) is 11.8. The molecule has 0 bridgehead atoms. The van der Waals surface area contributed by atoms with Gasteiger partial charge in [-0.1, -0.05) is 18.2 Å². The summed E-state index contributed by atoms with van der Waals surface area (Å²) >= 11 is 1.55. The lowest BCUT2D eigenvalue weighted by atomic mass is 10.1.